The number of aliphatic imine (C=N–C) groups is 1. The molecule has 0 aromatic rings. The molecule has 1 heterocycles. The van der Waals surface area contributed by atoms with Crippen LogP contribution in [0, 0.1) is 5.92 Å². The molecule has 150 valence electrons. The molecule has 2 rings (SSSR count). The zero-order chi connectivity index (χ0) is 18.8. The number of hydrogen-bond donors (Lipinski definition) is 2. The second kappa shape index (κ2) is 11.4. The van der Waals surface area contributed by atoms with E-state index in [0.29, 0.717) is 12.5 Å². The van der Waals surface area contributed by atoms with Crippen molar-refractivity contribution in [2.75, 3.05) is 33.2 Å². The van der Waals surface area contributed by atoms with Crippen molar-refractivity contribution < 1.29 is 9.53 Å². The van der Waals surface area contributed by atoms with Gasteiger partial charge in [0.05, 0.1) is 0 Å². The number of ether oxygens (including phenoxy) is 1. The van der Waals surface area contributed by atoms with Gasteiger partial charge in [0.2, 0.25) is 0 Å². The van der Waals surface area contributed by atoms with Crippen LogP contribution in [0.1, 0.15) is 65.2 Å². The number of likely N-dealkylation sites (tertiary alicyclic amines) is 1. The summed E-state index contributed by atoms with van der Waals surface area (Å²) in [7, 11) is 1.80. The fraction of sp³-hybridized carbons (Fsp3) is 0.900. The molecule has 6 nitrogen and oxygen atoms in total. The van der Waals surface area contributed by atoms with E-state index in [0.717, 1.165) is 63.6 Å². The third-order valence-electron chi connectivity index (χ3n) is 5.23. The zero-order valence-corrected chi connectivity index (χ0v) is 16.9. The van der Waals surface area contributed by atoms with Crippen LogP contribution in [0.4, 0.5) is 0 Å². The van der Waals surface area contributed by atoms with Crippen LogP contribution in [0.2, 0.25) is 0 Å². The first-order valence-electron chi connectivity index (χ1n) is 10.5. The monoisotopic (exact) mass is 366 g/mol. The topological polar surface area (TPSA) is 66.0 Å². The highest BCUT2D eigenvalue weighted by molar-refractivity contribution is 5.80. The third-order valence-corrected chi connectivity index (χ3v) is 5.23. The molecule has 0 spiro atoms. The molecule has 0 aromatic carbocycles. The number of piperidine rings is 1. The van der Waals surface area contributed by atoms with Crippen molar-refractivity contribution in [1.29, 1.82) is 0 Å². The fourth-order valence-corrected chi connectivity index (χ4v) is 3.85. The Balaban J connectivity index is 1.56. The Morgan fingerprint density at radius 3 is 2.50 bits per heavy atom. The van der Waals surface area contributed by atoms with Crippen LogP contribution in [0.5, 0.6) is 0 Å². The molecule has 0 aromatic heterocycles. The van der Waals surface area contributed by atoms with Crippen LogP contribution in [-0.4, -0.2) is 62.2 Å². The lowest BCUT2D eigenvalue weighted by molar-refractivity contribution is -0.148. The Morgan fingerprint density at radius 2 is 1.88 bits per heavy atom. The Hall–Kier alpha value is -1.30. The lowest BCUT2D eigenvalue weighted by Crippen LogP contribution is -2.49. The van der Waals surface area contributed by atoms with Gasteiger partial charge in [0.25, 0.3) is 0 Å². The second-order valence-electron chi connectivity index (χ2n) is 8.11. The average molecular weight is 367 g/mol. The van der Waals surface area contributed by atoms with Crippen molar-refractivity contribution in [1.82, 2.24) is 15.5 Å². The normalized spacial score (nSPS) is 20.5. The second-order valence-corrected chi connectivity index (χ2v) is 8.11. The van der Waals surface area contributed by atoms with Crippen molar-refractivity contribution >= 4 is 11.9 Å². The number of hydrogen-bond acceptors (Lipinski definition) is 4. The number of nitrogens with zero attached hydrogens (tertiary/aromatic N) is 2. The SMILES string of the molecule is CN=C(NCCCC(=O)OC1CCCC1)NC1CCN(CC(C)C)CC1. The fourth-order valence-electron chi connectivity index (χ4n) is 3.85. The summed E-state index contributed by atoms with van der Waals surface area (Å²) in [5.41, 5.74) is 0. The first-order valence-corrected chi connectivity index (χ1v) is 10.5. The van der Waals surface area contributed by atoms with Crippen LogP contribution >= 0.6 is 0 Å². The lowest BCUT2D eigenvalue weighted by Gasteiger charge is -2.34. The molecular weight excluding hydrogens is 328 g/mol. The quantitative estimate of drug-likeness (QED) is 0.299. The van der Waals surface area contributed by atoms with Crippen molar-refractivity contribution in [3.05, 3.63) is 0 Å². The van der Waals surface area contributed by atoms with E-state index in [9.17, 15) is 4.79 Å². The number of rotatable bonds is 8. The first kappa shape index (κ1) is 21.0. The molecule has 0 atom stereocenters. The highest BCUT2D eigenvalue weighted by Crippen LogP contribution is 2.21. The van der Waals surface area contributed by atoms with Crippen LogP contribution < -0.4 is 10.6 Å². The van der Waals surface area contributed by atoms with Gasteiger partial charge in [-0.2, -0.15) is 0 Å². The largest absolute Gasteiger partial charge is 0.462 e. The highest BCUT2D eigenvalue weighted by Gasteiger charge is 2.21. The summed E-state index contributed by atoms with van der Waals surface area (Å²) < 4.78 is 5.49. The minimum Gasteiger partial charge on any atom is -0.462 e. The summed E-state index contributed by atoms with van der Waals surface area (Å²) in [6.07, 6.45) is 8.20. The van der Waals surface area contributed by atoms with E-state index in [1.165, 1.54) is 19.4 Å². The van der Waals surface area contributed by atoms with Crippen LogP contribution in [0.25, 0.3) is 0 Å². The van der Waals surface area contributed by atoms with Gasteiger partial charge in [-0.05, 0) is 50.9 Å². The third kappa shape index (κ3) is 7.94. The molecule has 2 aliphatic rings. The standard InChI is InChI=1S/C20H38N4O2/c1-16(2)15-24-13-10-17(11-14-24)23-20(21-3)22-12-6-9-19(25)26-18-7-4-5-8-18/h16-18H,4-15H2,1-3H3,(H2,21,22,23). The van der Waals surface area contributed by atoms with Gasteiger partial charge in [0, 0.05) is 45.7 Å². The molecule has 0 unspecified atom stereocenters. The smallest absolute Gasteiger partial charge is 0.306 e. The molecular formula is C20H38N4O2. The number of nitrogens with one attached hydrogen (secondary N) is 2. The summed E-state index contributed by atoms with van der Waals surface area (Å²) in [5, 5.41) is 6.85. The summed E-state index contributed by atoms with van der Waals surface area (Å²) in [5.74, 6) is 1.52. The maximum Gasteiger partial charge on any atom is 0.306 e. The zero-order valence-electron chi connectivity index (χ0n) is 16.9. The number of carbonyl (C=O) groups is 1. The van der Waals surface area contributed by atoms with E-state index in [-0.39, 0.29) is 12.1 Å². The Kier molecular flexibility index (Phi) is 9.23. The average Bonchev–Trinajstić information content (AvgIpc) is 3.11. The molecule has 1 saturated carbocycles. The molecule has 1 saturated heterocycles. The lowest BCUT2D eigenvalue weighted by atomic mass is 10.0. The molecule has 0 bridgehead atoms. The summed E-state index contributed by atoms with van der Waals surface area (Å²) in [6, 6.07) is 0.483. The van der Waals surface area contributed by atoms with E-state index < -0.39 is 0 Å². The highest BCUT2D eigenvalue weighted by atomic mass is 16.5. The van der Waals surface area contributed by atoms with Gasteiger partial charge in [0.15, 0.2) is 5.96 Å². The molecule has 1 aliphatic heterocycles. The van der Waals surface area contributed by atoms with E-state index in [2.05, 4.69) is 34.4 Å². The van der Waals surface area contributed by atoms with Crippen molar-refractivity contribution in [3.8, 4) is 0 Å². The molecule has 26 heavy (non-hydrogen) atoms. The molecule has 0 amide bonds. The predicted molar refractivity (Wildman–Crippen MR) is 106 cm³/mol. The van der Waals surface area contributed by atoms with Crippen LogP contribution in [-0.2, 0) is 9.53 Å². The van der Waals surface area contributed by atoms with Crippen molar-refractivity contribution in [2.45, 2.75) is 77.4 Å². The van der Waals surface area contributed by atoms with Gasteiger partial charge in [-0.3, -0.25) is 9.79 Å². The minimum absolute atomic E-state index is 0.0563. The number of esters is 1. The van der Waals surface area contributed by atoms with Gasteiger partial charge in [-0.1, -0.05) is 13.8 Å². The maximum absolute atomic E-state index is 11.8. The maximum atomic E-state index is 11.8. The van der Waals surface area contributed by atoms with Gasteiger partial charge in [-0.15, -0.1) is 0 Å². The van der Waals surface area contributed by atoms with Crippen LogP contribution in [0.3, 0.4) is 0 Å². The Labute approximate surface area is 159 Å². The van der Waals surface area contributed by atoms with Gasteiger partial charge < -0.3 is 20.3 Å². The molecule has 6 heteroatoms. The minimum atomic E-state index is -0.0563. The summed E-state index contributed by atoms with van der Waals surface area (Å²) in [6.45, 7) is 8.79. The number of guanidine groups is 1. The van der Waals surface area contributed by atoms with Gasteiger partial charge in [0.1, 0.15) is 6.10 Å². The predicted octanol–water partition coefficient (Wildman–Crippen LogP) is 2.54. The van der Waals surface area contributed by atoms with E-state index in [1.807, 2.05) is 0 Å². The van der Waals surface area contributed by atoms with Gasteiger partial charge in [-0.25, -0.2) is 0 Å². The molecule has 2 fully saturated rings. The molecule has 0 radical (unpaired) electrons. The molecule has 1 aliphatic carbocycles. The Morgan fingerprint density at radius 1 is 1.19 bits per heavy atom. The van der Waals surface area contributed by atoms with Gasteiger partial charge >= 0.3 is 5.97 Å². The van der Waals surface area contributed by atoms with E-state index in [4.69, 9.17) is 4.74 Å². The first-order chi connectivity index (χ1) is 12.6. The van der Waals surface area contributed by atoms with Crippen molar-refractivity contribution in [2.24, 2.45) is 10.9 Å². The molecule has 2 N–H and O–H groups in total. The van der Waals surface area contributed by atoms with Crippen LogP contribution in [0.15, 0.2) is 4.99 Å². The number of carbonyl (C=O) groups excluding carboxylic acids is 1. The van der Waals surface area contributed by atoms with E-state index in [1.54, 1.807) is 7.05 Å². The van der Waals surface area contributed by atoms with E-state index >= 15 is 0 Å². The summed E-state index contributed by atoms with van der Waals surface area (Å²) >= 11 is 0. The van der Waals surface area contributed by atoms with Crippen molar-refractivity contribution in [3.63, 3.8) is 0 Å². The summed E-state index contributed by atoms with van der Waals surface area (Å²) in [4.78, 5) is 18.7. The Bertz CT molecular complexity index is 439.